The first kappa shape index (κ1) is 13.1. The highest BCUT2D eigenvalue weighted by molar-refractivity contribution is 6.30. The molecule has 0 aliphatic heterocycles. The van der Waals surface area contributed by atoms with Crippen LogP contribution in [0, 0.1) is 5.82 Å². The van der Waals surface area contributed by atoms with Crippen LogP contribution in [0.5, 0.6) is 0 Å². The number of aromatic nitrogens is 2. The predicted octanol–water partition coefficient (Wildman–Crippen LogP) is 2.88. The molecule has 0 spiro atoms. The molecule has 96 valence electrons. The maximum atomic E-state index is 13.7. The molecule has 0 aliphatic carbocycles. The fraction of sp³-hybridized carbons (Fsp3) is 0.308. The van der Waals surface area contributed by atoms with Crippen molar-refractivity contribution in [1.82, 2.24) is 9.55 Å². The molecule has 1 aromatic heterocycles. The first-order valence-corrected chi connectivity index (χ1v) is 6.05. The second-order valence-corrected chi connectivity index (χ2v) is 4.56. The van der Waals surface area contributed by atoms with Crippen LogP contribution in [-0.4, -0.2) is 14.7 Å². The Bertz CT molecular complexity index is 542. The third kappa shape index (κ3) is 2.71. The normalized spacial score (nSPS) is 12.7. The Labute approximate surface area is 110 Å². The van der Waals surface area contributed by atoms with Crippen LogP contribution in [0.25, 0.3) is 0 Å². The Morgan fingerprint density at radius 3 is 2.94 bits per heavy atom. The van der Waals surface area contributed by atoms with Gasteiger partial charge in [-0.05, 0) is 12.5 Å². The average molecular weight is 269 g/mol. The van der Waals surface area contributed by atoms with E-state index in [1.807, 2.05) is 17.8 Å². The first-order valence-electron chi connectivity index (χ1n) is 5.67. The first-order chi connectivity index (χ1) is 8.59. The number of hydrogen-bond donors (Lipinski definition) is 1. The zero-order valence-corrected chi connectivity index (χ0v) is 10.7. The number of aliphatic hydroxyl groups excluding tert-OH is 1. The van der Waals surface area contributed by atoms with E-state index in [0.29, 0.717) is 12.8 Å². The summed E-state index contributed by atoms with van der Waals surface area (Å²) in [6.07, 6.45) is 3.64. The highest BCUT2D eigenvalue weighted by Crippen LogP contribution is 2.25. The summed E-state index contributed by atoms with van der Waals surface area (Å²) in [7, 11) is 1.88. The Morgan fingerprint density at radius 1 is 1.50 bits per heavy atom. The fourth-order valence-corrected chi connectivity index (χ4v) is 2.02. The maximum Gasteiger partial charge on any atom is 0.147 e. The van der Waals surface area contributed by atoms with E-state index >= 15 is 0 Å². The lowest BCUT2D eigenvalue weighted by Gasteiger charge is -2.12. The number of rotatable bonds is 4. The van der Waals surface area contributed by atoms with Crippen LogP contribution in [0.4, 0.5) is 4.39 Å². The van der Waals surface area contributed by atoms with Crippen molar-refractivity contribution in [2.75, 3.05) is 0 Å². The maximum absolute atomic E-state index is 13.7. The molecule has 0 bridgehead atoms. The molecule has 0 amide bonds. The van der Waals surface area contributed by atoms with Gasteiger partial charge in [-0.3, -0.25) is 0 Å². The number of aryl methyl sites for hydroxylation is 2. The number of halogens is 2. The van der Waals surface area contributed by atoms with Gasteiger partial charge in [-0.15, -0.1) is 0 Å². The lowest BCUT2D eigenvalue weighted by atomic mass is 10.0. The van der Waals surface area contributed by atoms with Crippen LogP contribution in [0.2, 0.25) is 5.02 Å². The van der Waals surface area contributed by atoms with Gasteiger partial charge in [0.05, 0.1) is 11.1 Å². The Balaban J connectivity index is 2.06. The summed E-state index contributed by atoms with van der Waals surface area (Å²) in [6, 6.07) is 4.64. The lowest BCUT2D eigenvalue weighted by Crippen LogP contribution is -2.05. The van der Waals surface area contributed by atoms with Crippen LogP contribution in [0.15, 0.2) is 30.6 Å². The minimum atomic E-state index is -0.875. The standard InChI is InChI=1S/C13H14ClFN2O/c1-17-8-7-16-12(17)6-5-11(18)9-3-2-4-10(14)13(9)15/h2-4,7-8,11,18H,5-6H2,1H3. The molecular weight excluding hydrogens is 255 g/mol. The zero-order chi connectivity index (χ0) is 13.1. The van der Waals surface area contributed by atoms with Crippen LogP contribution in [-0.2, 0) is 13.5 Å². The van der Waals surface area contributed by atoms with E-state index in [1.165, 1.54) is 6.07 Å². The van der Waals surface area contributed by atoms with Crippen molar-refractivity contribution in [2.45, 2.75) is 18.9 Å². The molecule has 2 aromatic rings. The summed E-state index contributed by atoms with van der Waals surface area (Å²) >= 11 is 5.68. The molecule has 1 atom stereocenters. The third-order valence-corrected chi connectivity index (χ3v) is 3.19. The monoisotopic (exact) mass is 268 g/mol. The second kappa shape index (κ2) is 5.50. The van der Waals surface area contributed by atoms with Crippen LogP contribution in [0.3, 0.4) is 0 Å². The van der Waals surface area contributed by atoms with Gasteiger partial charge in [-0.1, -0.05) is 23.7 Å². The highest BCUT2D eigenvalue weighted by Gasteiger charge is 2.15. The Kier molecular flexibility index (Phi) is 3.99. The molecule has 0 fully saturated rings. The van der Waals surface area contributed by atoms with E-state index in [4.69, 9.17) is 11.6 Å². The summed E-state index contributed by atoms with van der Waals surface area (Å²) in [4.78, 5) is 4.15. The average Bonchev–Trinajstić information content (AvgIpc) is 2.75. The number of benzene rings is 1. The molecule has 18 heavy (non-hydrogen) atoms. The smallest absolute Gasteiger partial charge is 0.147 e. The number of aliphatic hydroxyl groups is 1. The molecule has 1 unspecified atom stereocenters. The molecule has 1 N–H and O–H groups in total. The number of imidazole rings is 1. The van der Waals surface area contributed by atoms with Crippen molar-refractivity contribution in [3.63, 3.8) is 0 Å². The summed E-state index contributed by atoms with van der Waals surface area (Å²) < 4.78 is 15.6. The van der Waals surface area contributed by atoms with Gasteiger partial charge in [0.2, 0.25) is 0 Å². The van der Waals surface area contributed by atoms with E-state index in [1.54, 1.807) is 18.3 Å². The molecule has 0 aliphatic rings. The highest BCUT2D eigenvalue weighted by atomic mass is 35.5. The summed E-state index contributed by atoms with van der Waals surface area (Å²) in [5, 5.41) is 10.0. The molecule has 0 radical (unpaired) electrons. The van der Waals surface area contributed by atoms with Gasteiger partial charge >= 0.3 is 0 Å². The molecule has 1 aromatic carbocycles. The number of nitrogens with zero attached hydrogens (tertiary/aromatic N) is 2. The van der Waals surface area contributed by atoms with Gasteiger partial charge in [0.1, 0.15) is 11.6 Å². The molecule has 1 heterocycles. The predicted molar refractivity (Wildman–Crippen MR) is 67.9 cm³/mol. The van der Waals surface area contributed by atoms with Crippen molar-refractivity contribution >= 4 is 11.6 Å². The molecule has 5 heteroatoms. The third-order valence-electron chi connectivity index (χ3n) is 2.90. The van der Waals surface area contributed by atoms with Crippen molar-refractivity contribution in [2.24, 2.45) is 7.05 Å². The summed E-state index contributed by atoms with van der Waals surface area (Å²) in [5.74, 6) is 0.308. The van der Waals surface area contributed by atoms with Gasteiger partial charge in [-0.2, -0.15) is 0 Å². The van der Waals surface area contributed by atoms with Gasteiger partial charge in [0, 0.05) is 31.4 Å². The molecule has 0 saturated carbocycles. The van der Waals surface area contributed by atoms with Crippen molar-refractivity contribution in [3.8, 4) is 0 Å². The largest absolute Gasteiger partial charge is 0.388 e. The van der Waals surface area contributed by atoms with Gasteiger partial charge in [-0.25, -0.2) is 9.37 Å². The van der Waals surface area contributed by atoms with Crippen LogP contribution in [0.1, 0.15) is 23.9 Å². The van der Waals surface area contributed by atoms with Crippen LogP contribution < -0.4 is 0 Å². The molecule has 0 saturated heterocycles. The SMILES string of the molecule is Cn1ccnc1CCC(O)c1cccc(Cl)c1F. The topological polar surface area (TPSA) is 38.0 Å². The van der Waals surface area contributed by atoms with E-state index < -0.39 is 11.9 Å². The minimum Gasteiger partial charge on any atom is -0.388 e. The Morgan fingerprint density at radius 2 is 2.28 bits per heavy atom. The van der Waals surface area contributed by atoms with Crippen molar-refractivity contribution in [3.05, 3.63) is 52.8 Å². The van der Waals surface area contributed by atoms with E-state index in [2.05, 4.69) is 4.98 Å². The quantitative estimate of drug-likeness (QED) is 0.926. The lowest BCUT2D eigenvalue weighted by molar-refractivity contribution is 0.162. The molecule has 2 rings (SSSR count). The van der Waals surface area contributed by atoms with Crippen molar-refractivity contribution < 1.29 is 9.50 Å². The van der Waals surface area contributed by atoms with Crippen LogP contribution >= 0.6 is 11.6 Å². The van der Waals surface area contributed by atoms with E-state index in [9.17, 15) is 9.50 Å². The fourth-order valence-electron chi connectivity index (χ4n) is 1.84. The van der Waals surface area contributed by atoms with Gasteiger partial charge in [0.25, 0.3) is 0 Å². The minimum absolute atomic E-state index is 0.0311. The summed E-state index contributed by atoms with van der Waals surface area (Å²) in [6.45, 7) is 0. The van der Waals surface area contributed by atoms with Gasteiger partial charge in [0.15, 0.2) is 0 Å². The Hall–Kier alpha value is -1.39. The van der Waals surface area contributed by atoms with Gasteiger partial charge < -0.3 is 9.67 Å². The van der Waals surface area contributed by atoms with Crippen molar-refractivity contribution in [1.29, 1.82) is 0 Å². The molecular formula is C13H14ClFN2O. The number of hydrogen-bond acceptors (Lipinski definition) is 2. The van der Waals surface area contributed by atoms with E-state index in [-0.39, 0.29) is 10.6 Å². The summed E-state index contributed by atoms with van der Waals surface area (Å²) in [5.41, 5.74) is 0.233. The van der Waals surface area contributed by atoms with E-state index in [0.717, 1.165) is 5.82 Å². The molecule has 3 nitrogen and oxygen atoms in total. The zero-order valence-electron chi connectivity index (χ0n) is 9.98. The second-order valence-electron chi connectivity index (χ2n) is 4.15.